The number of hydrogen-bond donors (Lipinski definition) is 3. The third-order valence-electron chi connectivity index (χ3n) is 10.2. The number of aliphatic hydroxyl groups is 2. The topological polar surface area (TPSA) is 69.6 Å². The molecule has 0 aromatic carbocycles. The lowest BCUT2D eigenvalue weighted by molar-refractivity contribution is -0.153. The molecule has 7 atom stereocenters. The highest BCUT2D eigenvalue weighted by Crippen LogP contribution is 2.66. The van der Waals surface area contributed by atoms with Gasteiger partial charge in [0.1, 0.15) is 5.78 Å². The Balaban J connectivity index is 1.51. The summed E-state index contributed by atoms with van der Waals surface area (Å²) in [6.45, 7) is 6.14. The van der Waals surface area contributed by atoms with Crippen LogP contribution >= 0.6 is 0 Å². The summed E-state index contributed by atoms with van der Waals surface area (Å²) in [7, 11) is 0. The molecule has 4 rings (SSSR count). The molecule has 0 heterocycles. The van der Waals surface area contributed by atoms with E-state index in [1.54, 1.807) is 0 Å². The molecule has 3 unspecified atom stereocenters. The van der Waals surface area contributed by atoms with E-state index in [1.165, 1.54) is 19.3 Å². The van der Waals surface area contributed by atoms with Gasteiger partial charge < -0.3 is 15.5 Å². The van der Waals surface area contributed by atoms with Crippen LogP contribution in [0.2, 0.25) is 0 Å². The second-order valence-electron chi connectivity index (χ2n) is 11.3. The van der Waals surface area contributed by atoms with Crippen molar-refractivity contribution < 1.29 is 15.0 Å². The van der Waals surface area contributed by atoms with E-state index in [4.69, 9.17) is 5.11 Å². The standard InChI is InChI=1S/C25H43NO3/c1-23-12-11-21-19(20(23)7-8-22(23)29)10-14-25(26-15-5-3-4-6-16-27)17-18(28)9-13-24(21,25)2/h19-22,26-27,29H,3-17H2,1-2H3/t19?,20?,21?,22-,23-,24+,25-/m0/s1. The van der Waals surface area contributed by atoms with Gasteiger partial charge >= 0.3 is 0 Å². The van der Waals surface area contributed by atoms with Gasteiger partial charge in [0, 0.05) is 25.0 Å². The average Bonchev–Trinajstić information content (AvgIpc) is 3.00. The number of unbranched alkanes of at least 4 members (excludes halogenated alkanes) is 3. The van der Waals surface area contributed by atoms with Crippen molar-refractivity contribution in [3.8, 4) is 0 Å². The SMILES string of the molecule is C[C@]12CCC3C(CC[C@]4(NCCCCCCO)CC(=O)CC[C@]34C)C1CC[C@@H]2O. The zero-order valence-electron chi connectivity index (χ0n) is 18.7. The van der Waals surface area contributed by atoms with Gasteiger partial charge in [-0.25, -0.2) is 0 Å². The highest BCUT2D eigenvalue weighted by atomic mass is 16.3. The Bertz CT molecular complexity index is 609. The Morgan fingerprint density at radius 3 is 2.55 bits per heavy atom. The van der Waals surface area contributed by atoms with E-state index in [-0.39, 0.29) is 22.5 Å². The minimum absolute atomic E-state index is 0.0224. The molecular weight excluding hydrogens is 362 g/mol. The third kappa shape index (κ3) is 3.51. The average molecular weight is 406 g/mol. The summed E-state index contributed by atoms with van der Waals surface area (Å²) >= 11 is 0. The summed E-state index contributed by atoms with van der Waals surface area (Å²) in [4.78, 5) is 12.6. The third-order valence-corrected chi connectivity index (χ3v) is 10.2. The van der Waals surface area contributed by atoms with Crippen LogP contribution in [0.25, 0.3) is 0 Å². The molecule has 4 heteroatoms. The van der Waals surface area contributed by atoms with Gasteiger partial charge in [-0.15, -0.1) is 0 Å². The molecule has 0 bridgehead atoms. The smallest absolute Gasteiger partial charge is 0.134 e. The van der Waals surface area contributed by atoms with Crippen LogP contribution in [-0.2, 0) is 4.79 Å². The highest BCUT2D eigenvalue weighted by Gasteiger charge is 2.64. The van der Waals surface area contributed by atoms with Crippen LogP contribution in [0.15, 0.2) is 0 Å². The molecule has 0 saturated heterocycles. The predicted molar refractivity (Wildman–Crippen MR) is 116 cm³/mol. The number of ketones is 1. The van der Waals surface area contributed by atoms with Crippen molar-refractivity contribution >= 4 is 5.78 Å². The van der Waals surface area contributed by atoms with Gasteiger partial charge in [0.25, 0.3) is 0 Å². The van der Waals surface area contributed by atoms with E-state index in [9.17, 15) is 9.90 Å². The van der Waals surface area contributed by atoms with E-state index in [1.807, 2.05) is 0 Å². The number of aliphatic hydroxyl groups excluding tert-OH is 2. The summed E-state index contributed by atoms with van der Waals surface area (Å²) in [5, 5.41) is 23.6. The molecular formula is C25H43NO3. The minimum Gasteiger partial charge on any atom is -0.396 e. The molecule has 4 nitrogen and oxygen atoms in total. The molecule has 4 fully saturated rings. The quantitative estimate of drug-likeness (QED) is 0.555. The van der Waals surface area contributed by atoms with Crippen LogP contribution in [0.4, 0.5) is 0 Å². The van der Waals surface area contributed by atoms with E-state index in [2.05, 4.69) is 19.2 Å². The molecule has 0 aromatic rings. The van der Waals surface area contributed by atoms with E-state index in [0.717, 1.165) is 70.3 Å². The first-order chi connectivity index (χ1) is 13.9. The fraction of sp³-hybridized carbons (Fsp3) is 0.960. The first-order valence-electron chi connectivity index (χ1n) is 12.4. The van der Waals surface area contributed by atoms with Crippen molar-refractivity contribution in [1.82, 2.24) is 5.32 Å². The molecule has 0 amide bonds. The molecule has 3 N–H and O–H groups in total. The molecule has 0 aliphatic heterocycles. The molecule has 0 radical (unpaired) electrons. The van der Waals surface area contributed by atoms with Crippen molar-refractivity contribution in [3.05, 3.63) is 0 Å². The maximum absolute atomic E-state index is 12.6. The molecule has 4 saturated carbocycles. The second-order valence-corrected chi connectivity index (χ2v) is 11.3. The van der Waals surface area contributed by atoms with Crippen molar-refractivity contribution in [3.63, 3.8) is 0 Å². The van der Waals surface area contributed by atoms with Crippen molar-refractivity contribution in [2.75, 3.05) is 13.2 Å². The largest absolute Gasteiger partial charge is 0.396 e. The second kappa shape index (κ2) is 8.24. The number of nitrogens with one attached hydrogen (secondary N) is 1. The predicted octanol–water partition coefficient (Wildman–Crippen LogP) is 4.22. The summed E-state index contributed by atoms with van der Waals surface area (Å²) in [5.74, 6) is 2.53. The van der Waals surface area contributed by atoms with Crippen molar-refractivity contribution in [1.29, 1.82) is 0 Å². The van der Waals surface area contributed by atoms with Crippen molar-refractivity contribution in [2.45, 2.75) is 109 Å². The van der Waals surface area contributed by atoms with Crippen molar-refractivity contribution in [2.24, 2.45) is 28.6 Å². The molecule has 0 aromatic heterocycles. The Morgan fingerprint density at radius 1 is 0.966 bits per heavy atom. The number of carbonyl (C=O) groups excluding carboxylic acids is 1. The molecule has 29 heavy (non-hydrogen) atoms. The summed E-state index contributed by atoms with van der Waals surface area (Å²) in [6, 6.07) is 0. The highest BCUT2D eigenvalue weighted by molar-refractivity contribution is 5.81. The Labute approximate surface area is 177 Å². The first-order valence-corrected chi connectivity index (χ1v) is 12.4. The van der Waals surface area contributed by atoms with Crippen LogP contribution in [0.3, 0.4) is 0 Å². The van der Waals surface area contributed by atoms with E-state index in [0.29, 0.717) is 30.6 Å². The van der Waals surface area contributed by atoms with Gasteiger partial charge in [-0.05, 0) is 92.9 Å². The van der Waals surface area contributed by atoms with Crippen LogP contribution in [-0.4, -0.2) is 40.8 Å². The number of rotatable bonds is 7. The summed E-state index contributed by atoms with van der Waals surface area (Å²) in [5.41, 5.74) is 0.303. The maximum Gasteiger partial charge on any atom is 0.134 e. The lowest BCUT2D eigenvalue weighted by atomic mass is 9.42. The van der Waals surface area contributed by atoms with Gasteiger partial charge in [-0.3, -0.25) is 4.79 Å². The number of fused-ring (bicyclic) bond motifs is 5. The van der Waals surface area contributed by atoms with Crippen LogP contribution < -0.4 is 5.32 Å². The van der Waals surface area contributed by atoms with Crippen LogP contribution in [0.5, 0.6) is 0 Å². The zero-order valence-corrected chi connectivity index (χ0v) is 18.7. The van der Waals surface area contributed by atoms with Gasteiger partial charge in [0.05, 0.1) is 6.10 Å². The first kappa shape index (κ1) is 21.8. The van der Waals surface area contributed by atoms with Crippen LogP contribution in [0, 0.1) is 28.6 Å². The molecule has 0 spiro atoms. The summed E-state index contributed by atoms with van der Waals surface area (Å²) in [6.07, 6.45) is 13.6. The number of Topliss-reactive ketones (excluding diaryl/α,β-unsaturated/α-hetero) is 1. The summed E-state index contributed by atoms with van der Waals surface area (Å²) < 4.78 is 0. The fourth-order valence-electron chi connectivity index (χ4n) is 8.32. The monoisotopic (exact) mass is 405 g/mol. The van der Waals surface area contributed by atoms with E-state index >= 15 is 0 Å². The van der Waals surface area contributed by atoms with Gasteiger partial charge in [-0.1, -0.05) is 26.7 Å². The lowest BCUT2D eigenvalue weighted by Crippen LogP contribution is -2.68. The Morgan fingerprint density at radius 2 is 1.76 bits per heavy atom. The maximum atomic E-state index is 12.6. The normalized spacial score (nSPS) is 46.8. The van der Waals surface area contributed by atoms with Gasteiger partial charge in [-0.2, -0.15) is 0 Å². The number of hydrogen-bond acceptors (Lipinski definition) is 4. The molecule has 4 aliphatic carbocycles. The van der Waals surface area contributed by atoms with Gasteiger partial charge in [0.2, 0.25) is 0 Å². The Hall–Kier alpha value is -0.450. The molecule has 166 valence electrons. The number of carbonyl (C=O) groups is 1. The minimum atomic E-state index is -0.113. The van der Waals surface area contributed by atoms with Crippen LogP contribution in [0.1, 0.15) is 97.3 Å². The van der Waals surface area contributed by atoms with Gasteiger partial charge in [0.15, 0.2) is 0 Å². The fourth-order valence-corrected chi connectivity index (χ4v) is 8.32. The van der Waals surface area contributed by atoms with E-state index < -0.39 is 0 Å². The Kier molecular flexibility index (Phi) is 6.18. The molecule has 4 aliphatic rings. The zero-order chi connectivity index (χ0) is 20.7. The lowest BCUT2D eigenvalue weighted by Gasteiger charge is -2.65.